The monoisotopic (exact) mass is 574 g/mol. The Morgan fingerprint density at radius 1 is 0.917 bits per heavy atom. The summed E-state index contributed by atoms with van der Waals surface area (Å²) in [7, 11) is 0. The summed E-state index contributed by atoms with van der Waals surface area (Å²) in [5.74, 6) is -2.75. The molecule has 3 amide bonds. The molecular weight excluding hydrogens is 554 g/mol. The van der Waals surface area contributed by atoms with E-state index >= 15 is 0 Å². The third-order valence-electron chi connectivity index (χ3n) is 5.21. The van der Waals surface area contributed by atoms with Gasteiger partial charge in [0.2, 0.25) is 0 Å². The highest BCUT2D eigenvalue weighted by Crippen LogP contribution is 2.45. The van der Waals surface area contributed by atoms with Crippen molar-refractivity contribution in [2.75, 3.05) is 18.5 Å². The first-order valence-electron chi connectivity index (χ1n) is 10.9. The van der Waals surface area contributed by atoms with E-state index < -0.39 is 36.3 Å². The lowest BCUT2D eigenvalue weighted by Crippen LogP contribution is -2.47. The summed E-state index contributed by atoms with van der Waals surface area (Å²) in [4.78, 5) is 52.4. The third-order valence-corrected chi connectivity index (χ3v) is 7.01. The summed E-state index contributed by atoms with van der Waals surface area (Å²) in [5.41, 5.74) is -0.0108. The molecule has 36 heavy (non-hydrogen) atoms. The maximum atomic E-state index is 13.2. The van der Waals surface area contributed by atoms with E-state index in [0.29, 0.717) is 18.0 Å². The molecule has 1 aliphatic heterocycles. The lowest BCUT2D eigenvalue weighted by Gasteiger charge is -2.26. The maximum Gasteiger partial charge on any atom is 0.329 e. The number of amides is 3. The molecule has 0 saturated heterocycles. The Morgan fingerprint density at radius 2 is 1.44 bits per heavy atom. The number of rotatable bonds is 9. The van der Waals surface area contributed by atoms with Gasteiger partial charge in [0.05, 0.1) is 37.8 Å². The van der Waals surface area contributed by atoms with E-state index in [1.54, 1.807) is 38.1 Å². The van der Waals surface area contributed by atoms with Crippen LogP contribution in [-0.4, -0.2) is 47.8 Å². The third kappa shape index (κ3) is 5.72. The van der Waals surface area contributed by atoms with Crippen LogP contribution in [0.4, 0.5) is 5.69 Å². The fourth-order valence-corrected chi connectivity index (χ4v) is 4.65. The van der Waals surface area contributed by atoms with Gasteiger partial charge in [-0.2, -0.15) is 0 Å². The Bertz CT molecular complexity index is 1170. The van der Waals surface area contributed by atoms with E-state index in [1.807, 2.05) is 6.92 Å². The second-order valence-corrected chi connectivity index (χ2v) is 9.76. The molecule has 0 unspecified atom stereocenters. The van der Waals surface area contributed by atoms with Crippen LogP contribution in [0.15, 0.2) is 24.3 Å². The second kappa shape index (κ2) is 11.7. The predicted molar refractivity (Wildman–Crippen MR) is 137 cm³/mol. The zero-order valence-corrected chi connectivity index (χ0v) is 22.5. The fraction of sp³-hybridized carbons (Fsp3) is 0.333. The first-order chi connectivity index (χ1) is 17.0. The quantitative estimate of drug-likeness (QED) is 0.173. The molecule has 8 nitrogen and oxygen atoms in total. The molecule has 0 aliphatic carbocycles. The molecule has 0 aromatic heterocycles. The summed E-state index contributed by atoms with van der Waals surface area (Å²) in [6.45, 7) is 5.31. The van der Waals surface area contributed by atoms with E-state index in [-0.39, 0.29) is 43.6 Å². The molecular formula is C24H22Cl4N2O6. The van der Waals surface area contributed by atoms with Crippen molar-refractivity contribution in [1.29, 1.82) is 0 Å². The van der Waals surface area contributed by atoms with Crippen LogP contribution < -0.4 is 10.1 Å². The number of carbonyl (C=O) groups excluding carboxylic acids is 4. The molecule has 0 radical (unpaired) electrons. The highest BCUT2D eigenvalue weighted by Gasteiger charge is 2.47. The maximum absolute atomic E-state index is 13.2. The number of imide groups is 1. The predicted octanol–water partition coefficient (Wildman–Crippen LogP) is 5.89. The Hall–Kier alpha value is -2.52. The number of nitrogens with one attached hydrogen (secondary N) is 1. The molecule has 2 aromatic rings. The standard InChI is InChI=1S/C24H22Cl4N2O6/c1-4-35-13-7-5-12(6-8-13)29-15(31)10-36-24(34)14(9-11(2)3)30-22(32)16-17(23(30)33)19(26)21(28)20(27)18(16)25/h5-8,11,14H,4,9-10H2,1-3H3,(H,29,31)/t14-/m1/s1. The van der Waals surface area contributed by atoms with Crippen LogP contribution in [0.25, 0.3) is 0 Å². The Kier molecular flexibility index (Phi) is 9.11. The van der Waals surface area contributed by atoms with Crippen molar-refractivity contribution in [2.45, 2.75) is 33.2 Å². The van der Waals surface area contributed by atoms with Crippen LogP contribution in [0.2, 0.25) is 20.1 Å². The number of benzene rings is 2. The van der Waals surface area contributed by atoms with Crippen molar-refractivity contribution in [3.63, 3.8) is 0 Å². The van der Waals surface area contributed by atoms with Gasteiger partial charge in [0, 0.05) is 5.69 Å². The van der Waals surface area contributed by atoms with Gasteiger partial charge < -0.3 is 14.8 Å². The number of fused-ring (bicyclic) bond motifs is 1. The number of esters is 1. The van der Waals surface area contributed by atoms with E-state index in [4.69, 9.17) is 55.9 Å². The molecule has 0 saturated carbocycles. The van der Waals surface area contributed by atoms with Gasteiger partial charge in [-0.25, -0.2) is 4.79 Å². The number of nitrogens with zero attached hydrogens (tertiary/aromatic N) is 1. The molecule has 1 N–H and O–H groups in total. The molecule has 1 aliphatic rings. The molecule has 0 bridgehead atoms. The molecule has 2 aromatic carbocycles. The molecule has 1 atom stereocenters. The number of carbonyl (C=O) groups is 4. The summed E-state index contributed by atoms with van der Waals surface area (Å²) in [6, 6.07) is 5.30. The zero-order valence-electron chi connectivity index (χ0n) is 19.5. The average Bonchev–Trinajstić information content (AvgIpc) is 3.09. The van der Waals surface area contributed by atoms with Crippen molar-refractivity contribution < 1.29 is 28.7 Å². The summed E-state index contributed by atoms with van der Waals surface area (Å²) in [5, 5.41) is 1.74. The van der Waals surface area contributed by atoms with Crippen LogP contribution in [0, 0.1) is 5.92 Å². The summed E-state index contributed by atoms with van der Waals surface area (Å²) in [6.07, 6.45) is 0.0709. The van der Waals surface area contributed by atoms with E-state index in [1.165, 1.54) is 0 Å². The SMILES string of the molecule is CCOc1ccc(NC(=O)COC(=O)[C@@H](CC(C)C)N2C(=O)c3c(Cl)c(Cl)c(Cl)c(Cl)c3C2=O)cc1. The average molecular weight is 576 g/mol. The topological polar surface area (TPSA) is 102 Å². The lowest BCUT2D eigenvalue weighted by atomic mass is 10.0. The van der Waals surface area contributed by atoms with Crippen molar-refractivity contribution in [1.82, 2.24) is 4.90 Å². The van der Waals surface area contributed by atoms with E-state index in [2.05, 4.69) is 5.32 Å². The van der Waals surface area contributed by atoms with Crippen molar-refractivity contribution in [2.24, 2.45) is 5.92 Å². The summed E-state index contributed by atoms with van der Waals surface area (Å²) >= 11 is 24.5. The molecule has 0 spiro atoms. The smallest absolute Gasteiger partial charge is 0.329 e. The summed E-state index contributed by atoms with van der Waals surface area (Å²) < 4.78 is 10.5. The lowest BCUT2D eigenvalue weighted by molar-refractivity contribution is -0.151. The van der Waals surface area contributed by atoms with E-state index in [9.17, 15) is 19.2 Å². The Morgan fingerprint density at radius 3 is 1.92 bits per heavy atom. The van der Waals surface area contributed by atoms with Crippen molar-refractivity contribution in [3.05, 3.63) is 55.5 Å². The molecule has 192 valence electrons. The number of ether oxygens (including phenoxy) is 2. The number of hydrogen-bond acceptors (Lipinski definition) is 6. The zero-order chi connectivity index (χ0) is 26.7. The van der Waals surface area contributed by atoms with Gasteiger partial charge in [0.25, 0.3) is 17.7 Å². The Labute approximate surface area is 227 Å². The van der Waals surface area contributed by atoms with E-state index in [0.717, 1.165) is 4.90 Å². The number of anilines is 1. The van der Waals surface area contributed by atoms with Gasteiger partial charge in [-0.15, -0.1) is 0 Å². The second-order valence-electron chi connectivity index (χ2n) is 8.24. The molecule has 1 heterocycles. The number of halogens is 4. The fourth-order valence-electron chi connectivity index (χ4n) is 3.63. The van der Waals surface area contributed by atoms with Gasteiger partial charge in [-0.3, -0.25) is 19.3 Å². The molecule has 3 rings (SSSR count). The minimum Gasteiger partial charge on any atom is -0.494 e. The largest absolute Gasteiger partial charge is 0.494 e. The van der Waals surface area contributed by atoms with Gasteiger partial charge in [-0.1, -0.05) is 60.3 Å². The first-order valence-corrected chi connectivity index (χ1v) is 12.4. The van der Waals surface area contributed by atoms with Gasteiger partial charge in [-0.05, 0) is 43.5 Å². The van der Waals surface area contributed by atoms with Gasteiger partial charge in [0.15, 0.2) is 6.61 Å². The van der Waals surface area contributed by atoms with Gasteiger partial charge in [0.1, 0.15) is 11.8 Å². The molecule has 0 fully saturated rings. The van der Waals surface area contributed by atoms with Crippen LogP contribution in [0.3, 0.4) is 0 Å². The van der Waals surface area contributed by atoms with Crippen molar-refractivity contribution >= 4 is 75.8 Å². The highest BCUT2D eigenvalue weighted by molar-refractivity contribution is 6.55. The van der Waals surface area contributed by atoms with Gasteiger partial charge >= 0.3 is 5.97 Å². The minimum atomic E-state index is -1.33. The first kappa shape index (κ1) is 28.1. The number of hydrogen-bond donors (Lipinski definition) is 1. The highest BCUT2D eigenvalue weighted by atomic mass is 35.5. The minimum absolute atomic E-state index is 0.0709. The molecule has 12 heteroatoms. The van der Waals surface area contributed by atoms with Crippen LogP contribution >= 0.6 is 46.4 Å². The van der Waals surface area contributed by atoms with Crippen LogP contribution in [0.1, 0.15) is 47.9 Å². The Balaban J connectivity index is 1.77. The normalized spacial score (nSPS) is 13.6. The van der Waals surface area contributed by atoms with Crippen LogP contribution in [0.5, 0.6) is 5.75 Å². The van der Waals surface area contributed by atoms with Crippen molar-refractivity contribution in [3.8, 4) is 5.75 Å². The van der Waals surface area contributed by atoms with Crippen LogP contribution in [-0.2, 0) is 14.3 Å².